The molecule has 4 heterocycles. The summed E-state index contributed by atoms with van der Waals surface area (Å²) in [6.07, 6.45) is 1.11. The van der Waals surface area contributed by atoms with E-state index in [0.29, 0.717) is 35.5 Å². The third-order valence-electron chi connectivity index (χ3n) is 6.67. The number of ether oxygens (including phenoxy) is 1. The summed E-state index contributed by atoms with van der Waals surface area (Å²) in [5.41, 5.74) is 0.968. The van der Waals surface area contributed by atoms with Crippen LogP contribution in [0.15, 0.2) is 45.6 Å². The molecule has 0 saturated carbocycles. The molecule has 6 rings (SSSR count). The van der Waals surface area contributed by atoms with Crippen LogP contribution in [0.25, 0.3) is 11.0 Å². The summed E-state index contributed by atoms with van der Waals surface area (Å²) in [5.74, 6) is -0.173. The molecule has 3 aliphatic rings. The van der Waals surface area contributed by atoms with Crippen molar-refractivity contribution in [2.24, 2.45) is 0 Å². The number of hydrogen-bond donors (Lipinski definition) is 3. The average Bonchev–Trinajstić information content (AvgIpc) is 2.82. The zero-order chi connectivity index (χ0) is 24.7. The zero-order valence-electron chi connectivity index (χ0n) is 19.4. The van der Waals surface area contributed by atoms with Crippen LogP contribution in [0.4, 0.5) is 10.1 Å². The number of nitrogens with one attached hydrogen (secondary N) is 3. The standard InChI is InChI=1S/C24H27FN4O5S/c1-26-35(31,32)28-21-5-3-4-14(23(21)25)8-19-20(13-29-11-15-9-16(12-29)27-15)18-7-6-17(33-2)10-22(18)34-24(19)30/h3-7,10,15-16,26-28H,8-9,11-13H2,1-2H3. The van der Waals surface area contributed by atoms with Gasteiger partial charge in [0.25, 0.3) is 10.2 Å². The highest BCUT2D eigenvalue weighted by Gasteiger charge is 2.36. The molecular formula is C24H27FN4O5S. The van der Waals surface area contributed by atoms with Gasteiger partial charge in [0.2, 0.25) is 0 Å². The maximum absolute atomic E-state index is 15.3. The molecule has 186 valence electrons. The van der Waals surface area contributed by atoms with Crippen molar-refractivity contribution in [1.29, 1.82) is 0 Å². The van der Waals surface area contributed by atoms with Crippen LogP contribution in [0.3, 0.4) is 0 Å². The van der Waals surface area contributed by atoms with Gasteiger partial charge in [-0.15, -0.1) is 0 Å². The predicted octanol–water partition coefficient (Wildman–Crippen LogP) is 1.95. The SMILES string of the molecule is CNS(=O)(=O)Nc1cccc(Cc2c(CN3CC4CC(C3)N4)c3ccc(OC)cc3oc2=O)c1F. The fraction of sp³-hybridized carbons (Fsp3) is 0.375. The van der Waals surface area contributed by atoms with Gasteiger partial charge < -0.3 is 14.5 Å². The van der Waals surface area contributed by atoms with Gasteiger partial charge in [-0.1, -0.05) is 12.1 Å². The third kappa shape index (κ3) is 4.76. The Morgan fingerprint density at radius 1 is 1.20 bits per heavy atom. The number of benzene rings is 2. The van der Waals surface area contributed by atoms with Crippen LogP contribution in [0.5, 0.6) is 5.75 Å². The second-order valence-corrected chi connectivity index (χ2v) is 10.6. The van der Waals surface area contributed by atoms with Crippen LogP contribution in [0.1, 0.15) is 23.1 Å². The van der Waals surface area contributed by atoms with Crippen LogP contribution < -0.4 is 25.1 Å². The van der Waals surface area contributed by atoms with Gasteiger partial charge in [0, 0.05) is 62.2 Å². The van der Waals surface area contributed by atoms with Gasteiger partial charge in [-0.2, -0.15) is 8.42 Å². The molecular weight excluding hydrogens is 475 g/mol. The summed E-state index contributed by atoms with van der Waals surface area (Å²) in [6.45, 7) is 2.25. The number of hydrogen-bond acceptors (Lipinski definition) is 7. The fourth-order valence-electron chi connectivity index (χ4n) is 4.91. The van der Waals surface area contributed by atoms with E-state index in [4.69, 9.17) is 9.15 Å². The van der Waals surface area contributed by atoms with Crippen LogP contribution in [-0.4, -0.2) is 52.6 Å². The van der Waals surface area contributed by atoms with Crippen LogP contribution in [-0.2, 0) is 23.2 Å². The molecule has 3 fully saturated rings. The molecule has 9 nitrogen and oxygen atoms in total. The third-order valence-corrected chi connectivity index (χ3v) is 7.69. The minimum absolute atomic E-state index is 0.0421. The number of halogens is 1. The van der Waals surface area contributed by atoms with Crippen LogP contribution in [0.2, 0.25) is 0 Å². The molecule has 2 unspecified atom stereocenters. The maximum atomic E-state index is 15.3. The number of nitrogens with zero attached hydrogens (tertiary/aromatic N) is 1. The lowest BCUT2D eigenvalue weighted by atomic mass is 9.90. The molecule has 1 aromatic heterocycles. The first kappa shape index (κ1) is 23.7. The highest BCUT2D eigenvalue weighted by molar-refractivity contribution is 7.90. The quantitative estimate of drug-likeness (QED) is 0.404. The molecule has 11 heteroatoms. The van der Waals surface area contributed by atoms with Gasteiger partial charge in [-0.25, -0.2) is 13.9 Å². The Labute approximate surface area is 202 Å². The fourth-order valence-corrected chi connectivity index (χ4v) is 5.46. The van der Waals surface area contributed by atoms with Gasteiger partial charge in [0.15, 0.2) is 5.82 Å². The van der Waals surface area contributed by atoms with Crippen molar-refractivity contribution in [2.75, 3.05) is 32.0 Å². The number of piperazine rings is 1. The summed E-state index contributed by atoms with van der Waals surface area (Å²) < 4.78 is 54.2. The van der Waals surface area contributed by atoms with Crippen molar-refractivity contribution >= 4 is 26.9 Å². The largest absolute Gasteiger partial charge is 0.497 e. The predicted molar refractivity (Wildman–Crippen MR) is 130 cm³/mol. The van der Waals surface area contributed by atoms with E-state index in [9.17, 15) is 13.2 Å². The van der Waals surface area contributed by atoms with Crippen molar-refractivity contribution < 1.29 is 22.0 Å². The molecule has 2 atom stereocenters. The topological polar surface area (TPSA) is 113 Å². The van der Waals surface area contributed by atoms with E-state index in [2.05, 4.69) is 19.7 Å². The second-order valence-electron chi connectivity index (χ2n) is 8.96. The smallest absolute Gasteiger partial charge is 0.340 e. The molecule has 3 aliphatic heterocycles. The van der Waals surface area contributed by atoms with Gasteiger partial charge in [0.1, 0.15) is 11.3 Å². The molecule has 2 aromatic carbocycles. The van der Waals surface area contributed by atoms with Crippen molar-refractivity contribution in [3.05, 3.63) is 69.3 Å². The van der Waals surface area contributed by atoms with Gasteiger partial charge in [-0.3, -0.25) is 9.62 Å². The van der Waals surface area contributed by atoms with Gasteiger partial charge >= 0.3 is 5.63 Å². The van der Waals surface area contributed by atoms with Crippen molar-refractivity contribution in [3.63, 3.8) is 0 Å². The van der Waals surface area contributed by atoms with E-state index in [0.717, 1.165) is 30.5 Å². The molecule has 2 bridgehead atoms. The van der Waals surface area contributed by atoms with E-state index < -0.39 is 21.7 Å². The summed E-state index contributed by atoms with van der Waals surface area (Å²) in [7, 11) is -1.13. The summed E-state index contributed by atoms with van der Waals surface area (Å²) in [6, 6.07) is 10.6. The normalized spacial score (nSPS) is 20.0. The summed E-state index contributed by atoms with van der Waals surface area (Å²) >= 11 is 0. The lowest BCUT2D eigenvalue weighted by Crippen LogP contribution is -2.66. The first-order valence-corrected chi connectivity index (χ1v) is 12.8. The Hall–Kier alpha value is -2.99. The minimum atomic E-state index is -3.90. The van der Waals surface area contributed by atoms with E-state index in [1.165, 1.54) is 19.2 Å². The molecule has 0 spiro atoms. The Kier molecular flexibility index (Phi) is 6.26. The van der Waals surface area contributed by atoms with Crippen LogP contribution in [0, 0.1) is 5.82 Å². The lowest BCUT2D eigenvalue weighted by molar-refractivity contribution is 0.0726. The minimum Gasteiger partial charge on any atom is -0.497 e. The number of piperidine rings is 1. The molecule has 0 radical (unpaired) electrons. The highest BCUT2D eigenvalue weighted by atomic mass is 32.2. The monoisotopic (exact) mass is 502 g/mol. The average molecular weight is 503 g/mol. The number of rotatable bonds is 8. The molecule has 35 heavy (non-hydrogen) atoms. The van der Waals surface area contributed by atoms with E-state index in [1.807, 2.05) is 6.07 Å². The maximum Gasteiger partial charge on any atom is 0.340 e. The van der Waals surface area contributed by atoms with Gasteiger partial charge in [0.05, 0.1) is 12.8 Å². The number of anilines is 1. The Morgan fingerprint density at radius 2 is 1.94 bits per heavy atom. The van der Waals surface area contributed by atoms with Crippen LogP contribution >= 0.6 is 0 Å². The highest BCUT2D eigenvalue weighted by Crippen LogP contribution is 2.30. The van der Waals surface area contributed by atoms with E-state index in [-0.39, 0.29) is 17.7 Å². The molecule has 0 amide bonds. The van der Waals surface area contributed by atoms with E-state index >= 15 is 4.39 Å². The van der Waals surface area contributed by atoms with Gasteiger partial charge in [-0.05, 0) is 35.7 Å². The Balaban J connectivity index is 1.57. The first-order chi connectivity index (χ1) is 16.8. The second kappa shape index (κ2) is 9.23. The molecule has 3 N–H and O–H groups in total. The van der Waals surface area contributed by atoms with Crippen molar-refractivity contribution in [3.8, 4) is 5.75 Å². The van der Waals surface area contributed by atoms with Crippen molar-refractivity contribution in [2.45, 2.75) is 31.5 Å². The summed E-state index contributed by atoms with van der Waals surface area (Å²) in [5, 5.41) is 4.26. The first-order valence-electron chi connectivity index (χ1n) is 11.4. The number of methoxy groups -OCH3 is 1. The lowest BCUT2D eigenvalue weighted by Gasteiger charge is -2.48. The van der Waals surface area contributed by atoms with E-state index in [1.54, 1.807) is 25.3 Å². The molecule has 3 saturated heterocycles. The Morgan fingerprint density at radius 3 is 2.63 bits per heavy atom. The summed E-state index contributed by atoms with van der Waals surface area (Å²) in [4.78, 5) is 15.5. The molecule has 3 aromatic rings. The van der Waals surface area contributed by atoms with Crippen molar-refractivity contribution in [1.82, 2.24) is 14.9 Å². The number of fused-ring (bicyclic) bond motifs is 3. The molecule has 0 aliphatic carbocycles. The Bertz CT molecular complexity index is 1430. The zero-order valence-corrected chi connectivity index (χ0v) is 20.2.